The highest BCUT2D eigenvalue weighted by atomic mass is 16.6. The summed E-state index contributed by atoms with van der Waals surface area (Å²) >= 11 is 0. The smallest absolute Gasteiger partial charge is 0.338 e. The van der Waals surface area contributed by atoms with Gasteiger partial charge in [-0.15, -0.1) is 0 Å². The van der Waals surface area contributed by atoms with Crippen LogP contribution in [0, 0.1) is 6.92 Å². The monoisotopic (exact) mass is 538 g/mol. The molecule has 2 rings (SSSR count). The number of ether oxygens (including phenoxy) is 2. The van der Waals surface area contributed by atoms with E-state index in [0.717, 1.165) is 19.3 Å². The molecule has 216 valence electrons. The molecule has 2 heterocycles. The largest absolute Gasteiger partial charge is 0.463 e. The molecule has 0 saturated carbocycles. The fourth-order valence-electron chi connectivity index (χ4n) is 4.74. The van der Waals surface area contributed by atoms with Crippen molar-refractivity contribution >= 4 is 12.0 Å². The van der Waals surface area contributed by atoms with E-state index in [2.05, 4.69) is 17.2 Å². The first kappa shape index (κ1) is 31.6. The molecule has 11 heteroatoms. The van der Waals surface area contributed by atoms with Gasteiger partial charge in [-0.1, -0.05) is 84.0 Å². The molecule has 0 aromatic carbocycles. The van der Waals surface area contributed by atoms with Crippen molar-refractivity contribution in [1.82, 2.24) is 20.3 Å². The number of hydroxylamine groups is 1. The van der Waals surface area contributed by atoms with E-state index in [1.165, 1.54) is 80.5 Å². The van der Waals surface area contributed by atoms with Crippen LogP contribution >= 0.6 is 0 Å². The van der Waals surface area contributed by atoms with Gasteiger partial charge in [-0.05, 0) is 13.3 Å². The molecule has 0 radical (unpaired) electrons. The summed E-state index contributed by atoms with van der Waals surface area (Å²) < 4.78 is 12.5. The van der Waals surface area contributed by atoms with Crippen LogP contribution in [0.3, 0.4) is 0 Å². The molecule has 1 aromatic rings. The lowest BCUT2D eigenvalue weighted by Crippen LogP contribution is -2.46. The minimum atomic E-state index is -0.840. The van der Waals surface area contributed by atoms with E-state index in [9.17, 15) is 19.2 Å². The number of aromatic nitrogens is 2. The first-order valence-corrected chi connectivity index (χ1v) is 14.2. The maximum Gasteiger partial charge on any atom is 0.338 e. The van der Waals surface area contributed by atoms with Crippen molar-refractivity contribution < 1.29 is 24.3 Å². The lowest BCUT2D eigenvalue weighted by molar-refractivity contribution is -0.149. The van der Waals surface area contributed by atoms with E-state index >= 15 is 0 Å². The highest BCUT2D eigenvalue weighted by molar-refractivity contribution is 5.73. The quantitative estimate of drug-likeness (QED) is 0.0945. The SMILES string of the molecule is CCCCCCCCCCCCCCCC(=O)OC[C@H]1O[C@@H](n2cc(C)c(=O)[nH]c2=O)C[C@@H]1NC(=O)NO. The Morgan fingerprint density at radius 1 is 1.03 bits per heavy atom. The number of carbonyl (C=O) groups excluding carboxylic acids is 2. The molecule has 0 bridgehead atoms. The van der Waals surface area contributed by atoms with Gasteiger partial charge >= 0.3 is 17.7 Å². The Balaban J connectivity index is 1.66. The first-order chi connectivity index (χ1) is 18.3. The number of nitrogens with zero attached hydrogens (tertiary/aromatic N) is 1. The van der Waals surface area contributed by atoms with E-state index in [0.29, 0.717) is 12.0 Å². The van der Waals surface area contributed by atoms with Gasteiger partial charge in [0, 0.05) is 24.6 Å². The summed E-state index contributed by atoms with van der Waals surface area (Å²) in [5, 5.41) is 11.4. The molecule has 0 spiro atoms. The van der Waals surface area contributed by atoms with Crippen molar-refractivity contribution in [2.75, 3.05) is 6.61 Å². The average Bonchev–Trinajstić information content (AvgIpc) is 3.29. The van der Waals surface area contributed by atoms with E-state index < -0.39 is 35.7 Å². The van der Waals surface area contributed by atoms with Gasteiger partial charge in [0.05, 0.1) is 6.04 Å². The Hall–Kier alpha value is -2.66. The van der Waals surface area contributed by atoms with Gasteiger partial charge in [-0.2, -0.15) is 0 Å². The fraction of sp³-hybridized carbons (Fsp3) is 0.778. The van der Waals surface area contributed by atoms with Gasteiger partial charge in [0.1, 0.15) is 18.9 Å². The molecular weight excluding hydrogens is 492 g/mol. The van der Waals surface area contributed by atoms with Gasteiger partial charge in [-0.3, -0.25) is 24.3 Å². The second-order valence-corrected chi connectivity index (χ2v) is 10.2. The third-order valence-corrected chi connectivity index (χ3v) is 7.00. The minimum absolute atomic E-state index is 0.110. The van der Waals surface area contributed by atoms with Crippen LogP contribution in [0.5, 0.6) is 0 Å². The summed E-state index contributed by atoms with van der Waals surface area (Å²) in [5.41, 5.74) is 0.699. The van der Waals surface area contributed by atoms with Crippen LogP contribution in [0.2, 0.25) is 0 Å². The molecule has 4 N–H and O–H groups in total. The number of carbonyl (C=O) groups is 2. The standard InChI is InChI=1S/C27H46N4O7/c1-3-4-5-6-7-8-9-10-11-12-13-14-15-16-24(32)37-19-22-21(28-26(34)30-36)17-23(38-22)31-18-20(2)25(33)29-27(31)35/h18,21-23,36H,3-17,19H2,1-2H3,(H2,28,30,34)(H,29,33,35)/t21-,22+,23+/m0/s1. The van der Waals surface area contributed by atoms with Crippen LogP contribution < -0.4 is 22.0 Å². The summed E-state index contributed by atoms with van der Waals surface area (Å²) in [6.45, 7) is 3.69. The molecule has 0 aliphatic carbocycles. The Morgan fingerprint density at radius 2 is 1.61 bits per heavy atom. The molecule has 38 heavy (non-hydrogen) atoms. The van der Waals surface area contributed by atoms with Gasteiger partial charge in [0.2, 0.25) is 0 Å². The van der Waals surface area contributed by atoms with Crippen LogP contribution in [0.15, 0.2) is 15.8 Å². The van der Waals surface area contributed by atoms with Crippen molar-refractivity contribution in [3.05, 3.63) is 32.6 Å². The maximum atomic E-state index is 12.3. The summed E-state index contributed by atoms with van der Waals surface area (Å²) in [6, 6.07) is -1.47. The molecule has 11 nitrogen and oxygen atoms in total. The Bertz CT molecular complexity index is 961. The predicted octanol–water partition coefficient (Wildman–Crippen LogP) is 4.21. The number of hydrogen-bond acceptors (Lipinski definition) is 7. The van der Waals surface area contributed by atoms with Crippen molar-refractivity contribution in [2.45, 2.75) is 129 Å². The third kappa shape index (κ3) is 11.4. The number of hydrogen-bond donors (Lipinski definition) is 4. The van der Waals surface area contributed by atoms with Gasteiger partial charge < -0.3 is 14.8 Å². The van der Waals surface area contributed by atoms with Gasteiger partial charge in [0.25, 0.3) is 5.56 Å². The number of unbranched alkanes of at least 4 members (excludes halogenated alkanes) is 12. The van der Waals surface area contributed by atoms with Crippen molar-refractivity contribution in [1.29, 1.82) is 0 Å². The number of aromatic amines is 1. The topological polar surface area (TPSA) is 152 Å². The number of aryl methyl sites for hydroxylation is 1. The van der Waals surface area contributed by atoms with E-state index in [1.807, 2.05) is 0 Å². The number of amides is 2. The molecule has 1 saturated heterocycles. The lowest BCUT2D eigenvalue weighted by Gasteiger charge is -2.19. The molecule has 2 amide bonds. The molecule has 1 aliphatic heterocycles. The van der Waals surface area contributed by atoms with Crippen LogP contribution in [0.4, 0.5) is 4.79 Å². The van der Waals surface area contributed by atoms with Crippen molar-refractivity contribution in [2.24, 2.45) is 0 Å². The second kappa shape index (κ2) is 17.8. The van der Waals surface area contributed by atoms with Crippen LogP contribution in [-0.4, -0.2) is 45.5 Å². The minimum Gasteiger partial charge on any atom is -0.463 e. The fourth-order valence-corrected chi connectivity index (χ4v) is 4.74. The summed E-state index contributed by atoms with van der Waals surface area (Å²) in [7, 11) is 0. The zero-order chi connectivity index (χ0) is 27.8. The zero-order valence-corrected chi connectivity index (χ0v) is 23.0. The van der Waals surface area contributed by atoms with Crippen molar-refractivity contribution in [3.63, 3.8) is 0 Å². The van der Waals surface area contributed by atoms with Crippen LogP contribution in [0.1, 0.15) is 115 Å². The predicted molar refractivity (Wildman–Crippen MR) is 143 cm³/mol. The normalized spacial score (nSPS) is 18.9. The Labute approximate surface area is 224 Å². The van der Waals surface area contributed by atoms with Crippen LogP contribution in [-0.2, 0) is 14.3 Å². The Kier molecular flexibility index (Phi) is 14.8. The second-order valence-electron chi connectivity index (χ2n) is 10.2. The number of nitrogens with one attached hydrogen (secondary N) is 3. The van der Waals surface area contributed by atoms with Gasteiger partial charge in [0.15, 0.2) is 0 Å². The number of H-pyrrole nitrogens is 1. The van der Waals surface area contributed by atoms with Gasteiger partial charge in [-0.25, -0.2) is 15.1 Å². The van der Waals surface area contributed by atoms with E-state index in [4.69, 9.17) is 14.7 Å². The lowest BCUT2D eigenvalue weighted by atomic mass is 10.0. The summed E-state index contributed by atoms with van der Waals surface area (Å²) in [5.74, 6) is -0.345. The van der Waals surface area contributed by atoms with Crippen molar-refractivity contribution in [3.8, 4) is 0 Å². The van der Waals surface area contributed by atoms with E-state index in [-0.39, 0.29) is 19.0 Å². The van der Waals surface area contributed by atoms with Crippen LogP contribution in [0.25, 0.3) is 0 Å². The third-order valence-electron chi connectivity index (χ3n) is 7.00. The maximum absolute atomic E-state index is 12.3. The highest BCUT2D eigenvalue weighted by Crippen LogP contribution is 2.28. The number of urea groups is 1. The molecular formula is C27H46N4O7. The molecule has 1 aromatic heterocycles. The zero-order valence-electron chi connectivity index (χ0n) is 23.0. The average molecular weight is 539 g/mol. The number of rotatable bonds is 18. The summed E-state index contributed by atoms with van der Waals surface area (Å²) in [4.78, 5) is 50.1. The molecule has 3 atom stereocenters. The van der Waals surface area contributed by atoms with E-state index in [1.54, 1.807) is 6.92 Å². The Morgan fingerprint density at radius 3 is 2.18 bits per heavy atom. The number of esters is 1. The summed E-state index contributed by atoms with van der Waals surface area (Å²) in [6.07, 6.45) is 16.3. The molecule has 1 aliphatic rings. The molecule has 1 fully saturated rings. The molecule has 0 unspecified atom stereocenters. The highest BCUT2D eigenvalue weighted by Gasteiger charge is 2.38. The first-order valence-electron chi connectivity index (χ1n) is 14.2.